The maximum atomic E-state index is 9.26. The van der Waals surface area contributed by atoms with Gasteiger partial charge in [-0.2, -0.15) is 0 Å². The molecule has 2 aromatic carbocycles. The van der Waals surface area contributed by atoms with Gasteiger partial charge in [-0.15, -0.1) is 0 Å². The molecule has 21 heavy (non-hydrogen) atoms. The smallest absolute Gasteiger partial charge is 0.203 e. The Kier molecular flexibility index (Phi) is 5.06. The molecule has 0 saturated heterocycles. The molecular weight excluding hydrogens is 268 g/mol. The van der Waals surface area contributed by atoms with Crippen LogP contribution in [0.25, 0.3) is 0 Å². The van der Waals surface area contributed by atoms with Gasteiger partial charge in [0, 0.05) is 0 Å². The van der Waals surface area contributed by atoms with Crippen molar-refractivity contribution in [1.29, 1.82) is 0 Å². The summed E-state index contributed by atoms with van der Waals surface area (Å²) in [6.45, 7) is 2.39. The number of hydrogen-bond donors (Lipinski definition) is 1. The van der Waals surface area contributed by atoms with Gasteiger partial charge < -0.3 is 19.3 Å². The van der Waals surface area contributed by atoms with Gasteiger partial charge in [-0.1, -0.05) is 24.3 Å². The third-order valence-corrected chi connectivity index (χ3v) is 3.34. The zero-order chi connectivity index (χ0) is 15.2. The van der Waals surface area contributed by atoms with E-state index in [0.717, 1.165) is 5.56 Å². The summed E-state index contributed by atoms with van der Waals surface area (Å²) >= 11 is 0. The Morgan fingerprint density at radius 1 is 1.00 bits per heavy atom. The van der Waals surface area contributed by atoms with Gasteiger partial charge in [-0.3, -0.25) is 0 Å². The standard InChI is InChI=1S/C17H20O4/c1-12-6-4-5-7-14(12)11-21-17-15(19-2)8-13(10-18)9-16(17)20-3/h4-9,18H,10-11H2,1-3H3. The van der Waals surface area contributed by atoms with Crippen molar-refractivity contribution in [3.05, 3.63) is 53.1 Å². The molecule has 2 rings (SSSR count). The molecule has 2 aromatic rings. The molecule has 0 unspecified atom stereocenters. The van der Waals surface area contributed by atoms with Gasteiger partial charge in [0.1, 0.15) is 6.61 Å². The minimum atomic E-state index is -0.0786. The number of aryl methyl sites for hydroxylation is 1. The van der Waals surface area contributed by atoms with Crippen molar-refractivity contribution in [1.82, 2.24) is 0 Å². The van der Waals surface area contributed by atoms with E-state index < -0.39 is 0 Å². The van der Waals surface area contributed by atoms with Crippen LogP contribution in [-0.2, 0) is 13.2 Å². The lowest BCUT2D eigenvalue weighted by Crippen LogP contribution is -2.02. The first-order valence-corrected chi connectivity index (χ1v) is 6.72. The summed E-state index contributed by atoms with van der Waals surface area (Å²) in [4.78, 5) is 0. The van der Waals surface area contributed by atoms with E-state index in [1.807, 2.05) is 31.2 Å². The molecule has 0 spiro atoms. The predicted molar refractivity (Wildman–Crippen MR) is 81.0 cm³/mol. The SMILES string of the molecule is COc1cc(CO)cc(OC)c1OCc1ccccc1C. The number of hydrogen-bond acceptors (Lipinski definition) is 4. The zero-order valence-electron chi connectivity index (χ0n) is 12.6. The first-order valence-electron chi connectivity index (χ1n) is 6.72. The van der Waals surface area contributed by atoms with Crippen molar-refractivity contribution in [3.63, 3.8) is 0 Å². The average molecular weight is 288 g/mol. The highest BCUT2D eigenvalue weighted by molar-refractivity contribution is 5.53. The maximum absolute atomic E-state index is 9.26. The van der Waals surface area contributed by atoms with Crippen LogP contribution < -0.4 is 14.2 Å². The van der Waals surface area contributed by atoms with Crippen molar-refractivity contribution >= 4 is 0 Å². The van der Waals surface area contributed by atoms with Gasteiger partial charge in [0.15, 0.2) is 11.5 Å². The summed E-state index contributed by atoms with van der Waals surface area (Å²) in [5.74, 6) is 1.64. The molecule has 0 aliphatic carbocycles. The first-order chi connectivity index (χ1) is 10.2. The van der Waals surface area contributed by atoms with E-state index in [-0.39, 0.29) is 6.61 Å². The Hall–Kier alpha value is -2.20. The summed E-state index contributed by atoms with van der Waals surface area (Å²) < 4.78 is 16.6. The summed E-state index contributed by atoms with van der Waals surface area (Å²) in [5.41, 5.74) is 2.99. The van der Waals surface area contributed by atoms with Crippen LogP contribution in [0.15, 0.2) is 36.4 Å². The van der Waals surface area contributed by atoms with Gasteiger partial charge in [0.05, 0.1) is 20.8 Å². The molecule has 0 fully saturated rings. The van der Waals surface area contributed by atoms with Crippen LogP contribution in [0, 0.1) is 6.92 Å². The topological polar surface area (TPSA) is 47.9 Å². The van der Waals surface area contributed by atoms with E-state index in [9.17, 15) is 5.11 Å². The van der Waals surface area contributed by atoms with Crippen molar-refractivity contribution in [2.75, 3.05) is 14.2 Å². The van der Waals surface area contributed by atoms with Crippen LogP contribution in [0.5, 0.6) is 17.2 Å². The maximum Gasteiger partial charge on any atom is 0.203 e. The van der Waals surface area contributed by atoms with Crippen LogP contribution in [0.1, 0.15) is 16.7 Å². The van der Waals surface area contributed by atoms with Gasteiger partial charge in [-0.05, 0) is 35.7 Å². The van der Waals surface area contributed by atoms with E-state index in [2.05, 4.69) is 0 Å². The van der Waals surface area contributed by atoms with E-state index in [4.69, 9.17) is 14.2 Å². The predicted octanol–water partition coefficient (Wildman–Crippen LogP) is 3.08. The highest BCUT2D eigenvalue weighted by atomic mass is 16.5. The minimum absolute atomic E-state index is 0.0786. The fourth-order valence-corrected chi connectivity index (χ4v) is 2.09. The van der Waals surface area contributed by atoms with E-state index in [1.54, 1.807) is 26.4 Å². The Labute approximate surface area is 124 Å². The Morgan fingerprint density at radius 3 is 2.14 bits per heavy atom. The number of rotatable bonds is 6. The molecule has 0 heterocycles. The lowest BCUT2D eigenvalue weighted by Gasteiger charge is -2.16. The third-order valence-electron chi connectivity index (χ3n) is 3.34. The van der Waals surface area contributed by atoms with Crippen molar-refractivity contribution in [3.8, 4) is 17.2 Å². The molecule has 0 bridgehead atoms. The molecule has 0 aromatic heterocycles. The van der Waals surface area contributed by atoms with Crippen molar-refractivity contribution in [2.24, 2.45) is 0 Å². The molecule has 0 aliphatic heterocycles. The van der Waals surface area contributed by atoms with Crippen LogP contribution in [-0.4, -0.2) is 19.3 Å². The van der Waals surface area contributed by atoms with Crippen LogP contribution in [0.3, 0.4) is 0 Å². The van der Waals surface area contributed by atoms with E-state index in [0.29, 0.717) is 29.4 Å². The molecule has 0 amide bonds. The molecule has 4 nitrogen and oxygen atoms in total. The molecule has 4 heteroatoms. The highest BCUT2D eigenvalue weighted by Gasteiger charge is 2.14. The largest absolute Gasteiger partial charge is 0.493 e. The second kappa shape index (κ2) is 6.99. The number of aliphatic hydroxyl groups is 1. The molecule has 0 aliphatic rings. The summed E-state index contributed by atoms with van der Waals surface area (Å²) in [7, 11) is 3.13. The lowest BCUT2D eigenvalue weighted by molar-refractivity contribution is 0.259. The second-order valence-corrected chi connectivity index (χ2v) is 4.70. The minimum Gasteiger partial charge on any atom is -0.493 e. The first kappa shape index (κ1) is 15.2. The molecule has 1 N–H and O–H groups in total. The fourth-order valence-electron chi connectivity index (χ4n) is 2.09. The summed E-state index contributed by atoms with van der Waals surface area (Å²) in [6.07, 6.45) is 0. The lowest BCUT2D eigenvalue weighted by atomic mass is 10.1. The van der Waals surface area contributed by atoms with E-state index in [1.165, 1.54) is 5.56 Å². The van der Waals surface area contributed by atoms with Gasteiger partial charge in [-0.25, -0.2) is 0 Å². The second-order valence-electron chi connectivity index (χ2n) is 4.70. The van der Waals surface area contributed by atoms with Crippen LogP contribution >= 0.6 is 0 Å². The summed E-state index contributed by atoms with van der Waals surface area (Å²) in [6, 6.07) is 11.5. The molecule has 112 valence electrons. The number of benzene rings is 2. The third kappa shape index (κ3) is 3.47. The zero-order valence-corrected chi connectivity index (χ0v) is 12.6. The van der Waals surface area contributed by atoms with Gasteiger partial charge >= 0.3 is 0 Å². The molecule has 0 radical (unpaired) electrons. The molecular formula is C17H20O4. The highest BCUT2D eigenvalue weighted by Crippen LogP contribution is 2.39. The van der Waals surface area contributed by atoms with Gasteiger partial charge in [0.25, 0.3) is 0 Å². The van der Waals surface area contributed by atoms with Gasteiger partial charge in [0.2, 0.25) is 5.75 Å². The quantitative estimate of drug-likeness (QED) is 0.887. The number of aliphatic hydroxyl groups excluding tert-OH is 1. The van der Waals surface area contributed by atoms with Crippen molar-refractivity contribution < 1.29 is 19.3 Å². The average Bonchev–Trinajstić information content (AvgIpc) is 2.53. The monoisotopic (exact) mass is 288 g/mol. The molecule has 0 saturated carbocycles. The number of methoxy groups -OCH3 is 2. The van der Waals surface area contributed by atoms with Crippen LogP contribution in [0.4, 0.5) is 0 Å². The number of ether oxygens (including phenoxy) is 3. The molecule has 0 atom stereocenters. The Bertz CT molecular complexity index is 582. The Morgan fingerprint density at radius 2 is 1.62 bits per heavy atom. The fraction of sp³-hybridized carbons (Fsp3) is 0.294. The van der Waals surface area contributed by atoms with E-state index >= 15 is 0 Å². The normalized spacial score (nSPS) is 10.3. The van der Waals surface area contributed by atoms with Crippen LogP contribution in [0.2, 0.25) is 0 Å². The Balaban J connectivity index is 2.28. The summed E-state index contributed by atoms with van der Waals surface area (Å²) in [5, 5.41) is 9.26. The van der Waals surface area contributed by atoms with Crippen molar-refractivity contribution in [2.45, 2.75) is 20.1 Å².